The van der Waals surface area contributed by atoms with Crippen molar-refractivity contribution >= 4 is 22.4 Å². The van der Waals surface area contributed by atoms with E-state index in [-0.39, 0.29) is 0 Å². The standard InChI is InChI=1S/C27H22N4O2/c1-32-22-9-3-6-18(14-22)19-11-12-25-24(15-19)27(29-21-8-4-10-23(16-21)33-2)31-26(30-25)20-7-5-13-28-17-20/h3-17H,1-2H3,(H,29,30,31). The topological polar surface area (TPSA) is 69.2 Å². The zero-order valence-electron chi connectivity index (χ0n) is 18.3. The van der Waals surface area contributed by atoms with E-state index in [9.17, 15) is 0 Å². The third-order valence-corrected chi connectivity index (χ3v) is 5.35. The molecule has 0 bridgehead atoms. The molecule has 33 heavy (non-hydrogen) atoms. The highest BCUT2D eigenvalue weighted by Gasteiger charge is 2.12. The highest BCUT2D eigenvalue weighted by Crippen LogP contribution is 2.32. The fourth-order valence-corrected chi connectivity index (χ4v) is 3.67. The Morgan fingerprint density at radius 2 is 1.45 bits per heavy atom. The summed E-state index contributed by atoms with van der Waals surface area (Å²) in [6.45, 7) is 0. The molecule has 2 heterocycles. The van der Waals surface area contributed by atoms with Crippen LogP contribution in [0.3, 0.4) is 0 Å². The predicted molar refractivity (Wildman–Crippen MR) is 131 cm³/mol. The molecule has 0 aliphatic rings. The molecule has 0 radical (unpaired) electrons. The molecule has 6 heteroatoms. The van der Waals surface area contributed by atoms with Crippen LogP contribution in [0.2, 0.25) is 0 Å². The summed E-state index contributed by atoms with van der Waals surface area (Å²) in [6, 6.07) is 25.8. The Hall–Kier alpha value is -4.45. The second kappa shape index (κ2) is 8.96. The van der Waals surface area contributed by atoms with Crippen LogP contribution < -0.4 is 14.8 Å². The molecular weight excluding hydrogens is 412 g/mol. The Morgan fingerprint density at radius 1 is 0.697 bits per heavy atom. The lowest BCUT2D eigenvalue weighted by molar-refractivity contribution is 0.415. The van der Waals surface area contributed by atoms with E-state index < -0.39 is 0 Å². The number of anilines is 2. The van der Waals surface area contributed by atoms with Gasteiger partial charge in [0.2, 0.25) is 0 Å². The number of pyridine rings is 1. The molecule has 162 valence electrons. The quantitative estimate of drug-likeness (QED) is 0.347. The molecule has 0 aliphatic carbocycles. The average molecular weight is 434 g/mol. The lowest BCUT2D eigenvalue weighted by Gasteiger charge is -2.13. The summed E-state index contributed by atoms with van der Waals surface area (Å²) in [5.41, 5.74) is 4.66. The maximum absolute atomic E-state index is 5.40. The largest absolute Gasteiger partial charge is 0.497 e. The van der Waals surface area contributed by atoms with Crippen LogP contribution in [0.25, 0.3) is 33.4 Å². The number of benzene rings is 3. The first-order valence-electron chi connectivity index (χ1n) is 10.5. The van der Waals surface area contributed by atoms with Crippen LogP contribution in [0.1, 0.15) is 0 Å². The number of ether oxygens (including phenoxy) is 2. The third kappa shape index (κ3) is 4.32. The first-order chi connectivity index (χ1) is 16.2. The van der Waals surface area contributed by atoms with E-state index in [0.29, 0.717) is 11.6 Å². The van der Waals surface area contributed by atoms with Gasteiger partial charge in [-0.3, -0.25) is 4.98 Å². The predicted octanol–water partition coefficient (Wildman–Crippen LogP) is 6.12. The van der Waals surface area contributed by atoms with E-state index in [1.165, 1.54) is 0 Å². The van der Waals surface area contributed by atoms with Gasteiger partial charge in [-0.25, -0.2) is 9.97 Å². The molecule has 0 aliphatic heterocycles. The molecule has 3 aromatic carbocycles. The Morgan fingerprint density at radius 3 is 2.24 bits per heavy atom. The van der Waals surface area contributed by atoms with Crippen LogP contribution in [-0.2, 0) is 0 Å². The molecule has 0 saturated heterocycles. The molecule has 2 aromatic heterocycles. The normalized spacial score (nSPS) is 10.7. The van der Waals surface area contributed by atoms with Crippen LogP contribution >= 0.6 is 0 Å². The molecule has 1 N–H and O–H groups in total. The van der Waals surface area contributed by atoms with E-state index in [4.69, 9.17) is 19.4 Å². The third-order valence-electron chi connectivity index (χ3n) is 5.35. The van der Waals surface area contributed by atoms with Gasteiger partial charge in [0.1, 0.15) is 17.3 Å². The minimum atomic E-state index is 0.607. The van der Waals surface area contributed by atoms with Crippen molar-refractivity contribution in [2.45, 2.75) is 0 Å². The fraction of sp³-hybridized carbons (Fsp3) is 0.0741. The molecule has 0 amide bonds. The number of methoxy groups -OCH3 is 2. The number of nitrogens with one attached hydrogen (secondary N) is 1. The lowest BCUT2D eigenvalue weighted by atomic mass is 10.0. The molecular formula is C27H22N4O2. The van der Waals surface area contributed by atoms with Crippen LogP contribution in [0.5, 0.6) is 11.5 Å². The maximum atomic E-state index is 5.40. The Balaban J connectivity index is 1.66. The second-order valence-corrected chi connectivity index (χ2v) is 7.46. The summed E-state index contributed by atoms with van der Waals surface area (Å²) in [5, 5.41) is 4.36. The average Bonchev–Trinajstić information content (AvgIpc) is 2.89. The molecule has 5 aromatic rings. The summed E-state index contributed by atoms with van der Waals surface area (Å²) >= 11 is 0. The van der Waals surface area contributed by atoms with Gasteiger partial charge in [-0.1, -0.05) is 24.3 Å². The Bertz CT molecular complexity index is 1420. The summed E-state index contributed by atoms with van der Waals surface area (Å²) < 4.78 is 10.8. The highest BCUT2D eigenvalue weighted by molar-refractivity contribution is 5.95. The molecule has 0 spiro atoms. The number of hydrogen-bond acceptors (Lipinski definition) is 6. The van der Waals surface area contributed by atoms with E-state index >= 15 is 0 Å². The Labute approximate surface area is 191 Å². The number of hydrogen-bond donors (Lipinski definition) is 1. The molecule has 6 nitrogen and oxygen atoms in total. The van der Waals surface area contributed by atoms with Crippen molar-refractivity contribution in [3.63, 3.8) is 0 Å². The van der Waals surface area contributed by atoms with Crippen LogP contribution in [-0.4, -0.2) is 29.2 Å². The molecule has 0 unspecified atom stereocenters. The number of aromatic nitrogens is 3. The number of fused-ring (bicyclic) bond motifs is 1. The number of rotatable bonds is 6. The van der Waals surface area contributed by atoms with Crippen molar-refractivity contribution in [2.75, 3.05) is 19.5 Å². The maximum Gasteiger partial charge on any atom is 0.163 e. The minimum Gasteiger partial charge on any atom is -0.497 e. The SMILES string of the molecule is COc1cccc(Nc2nc(-c3cccnc3)nc3ccc(-c4cccc(OC)c4)cc23)c1. The van der Waals surface area contributed by atoms with Crippen molar-refractivity contribution in [3.05, 3.63) is 91.3 Å². The second-order valence-electron chi connectivity index (χ2n) is 7.46. The van der Waals surface area contributed by atoms with Crippen molar-refractivity contribution < 1.29 is 9.47 Å². The van der Waals surface area contributed by atoms with Gasteiger partial charge in [0, 0.05) is 35.1 Å². The molecule has 0 fully saturated rings. The monoisotopic (exact) mass is 434 g/mol. The summed E-state index contributed by atoms with van der Waals surface area (Å²) in [7, 11) is 3.32. The van der Waals surface area contributed by atoms with E-state index in [2.05, 4.69) is 28.5 Å². The smallest absolute Gasteiger partial charge is 0.163 e. The van der Waals surface area contributed by atoms with Crippen molar-refractivity contribution in [3.8, 4) is 34.0 Å². The zero-order chi connectivity index (χ0) is 22.6. The molecule has 0 atom stereocenters. The Kier molecular flexibility index (Phi) is 5.55. The minimum absolute atomic E-state index is 0.607. The van der Waals surface area contributed by atoms with Crippen molar-refractivity contribution in [1.29, 1.82) is 0 Å². The van der Waals surface area contributed by atoms with E-state index in [1.54, 1.807) is 26.6 Å². The fourth-order valence-electron chi connectivity index (χ4n) is 3.67. The van der Waals surface area contributed by atoms with Crippen LogP contribution in [0.15, 0.2) is 91.3 Å². The zero-order valence-corrected chi connectivity index (χ0v) is 18.3. The lowest BCUT2D eigenvalue weighted by Crippen LogP contribution is -2.00. The van der Waals surface area contributed by atoms with E-state index in [0.717, 1.165) is 44.8 Å². The van der Waals surface area contributed by atoms with Gasteiger partial charge in [-0.05, 0) is 59.7 Å². The van der Waals surface area contributed by atoms with Crippen LogP contribution in [0, 0.1) is 0 Å². The first-order valence-corrected chi connectivity index (χ1v) is 10.5. The van der Waals surface area contributed by atoms with Gasteiger partial charge in [0.25, 0.3) is 0 Å². The summed E-state index contributed by atoms with van der Waals surface area (Å²) in [5.74, 6) is 2.89. The number of nitrogens with zero attached hydrogens (tertiary/aromatic N) is 3. The van der Waals surface area contributed by atoms with Crippen LogP contribution in [0.4, 0.5) is 11.5 Å². The first kappa shape index (κ1) is 20.5. The molecule has 5 rings (SSSR count). The van der Waals surface area contributed by atoms with Crippen molar-refractivity contribution in [1.82, 2.24) is 15.0 Å². The van der Waals surface area contributed by atoms with Gasteiger partial charge in [-0.2, -0.15) is 0 Å². The van der Waals surface area contributed by atoms with Gasteiger partial charge in [-0.15, -0.1) is 0 Å². The van der Waals surface area contributed by atoms with Gasteiger partial charge < -0.3 is 14.8 Å². The molecule has 0 saturated carbocycles. The summed E-state index contributed by atoms with van der Waals surface area (Å²) in [4.78, 5) is 13.9. The van der Waals surface area contributed by atoms with E-state index in [1.807, 2.05) is 60.7 Å². The van der Waals surface area contributed by atoms with Gasteiger partial charge in [0.05, 0.1) is 19.7 Å². The van der Waals surface area contributed by atoms with Gasteiger partial charge >= 0.3 is 0 Å². The summed E-state index contributed by atoms with van der Waals surface area (Å²) in [6.07, 6.45) is 3.50. The van der Waals surface area contributed by atoms with Crippen molar-refractivity contribution in [2.24, 2.45) is 0 Å². The highest BCUT2D eigenvalue weighted by atomic mass is 16.5. The van der Waals surface area contributed by atoms with Gasteiger partial charge in [0.15, 0.2) is 5.82 Å².